The van der Waals surface area contributed by atoms with Crippen LogP contribution in [-0.4, -0.2) is 32.9 Å². The van der Waals surface area contributed by atoms with Gasteiger partial charge in [0.05, 0.1) is 0 Å². The van der Waals surface area contributed by atoms with Crippen LogP contribution in [-0.2, 0) is 6.42 Å². The molecule has 1 aromatic carbocycles. The molecule has 2 N–H and O–H groups in total. The molecule has 3 aliphatic rings. The van der Waals surface area contributed by atoms with Gasteiger partial charge >= 0.3 is 0 Å². The summed E-state index contributed by atoms with van der Waals surface area (Å²) in [7, 11) is 1.84. The summed E-state index contributed by atoms with van der Waals surface area (Å²) in [4.78, 5) is 4.34. The van der Waals surface area contributed by atoms with E-state index in [-0.39, 0.29) is 24.0 Å². The van der Waals surface area contributed by atoms with E-state index in [1.807, 2.05) is 13.1 Å². The normalized spacial score (nSPS) is 20.3. The molecule has 2 saturated carbocycles. The maximum atomic E-state index is 5.42. The fraction of sp³-hybridized carbons (Fsp3) is 0.611. The highest BCUT2D eigenvalue weighted by Gasteiger charge is 2.53. The van der Waals surface area contributed by atoms with Crippen LogP contribution in [0.3, 0.4) is 0 Å². The first-order chi connectivity index (χ1) is 11.3. The van der Waals surface area contributed by atoms with Crippen LogP contribution >= 0.6 is 24.0 Å². The molecule has 2 fully saturated rings. The van der Waals surface area contributed by atoms with E-state index in [0.29, 0.717) is 12.2 Å². The molecular formula is C18H26IN3O2. The van der Waals surface area contributed by atoms with Crippen molar-refractivity contribution in [2.45, 2.75) is 32.1 Å². The van der Waals surface area contributed by atoms with Gasteiger partial charge in [-0.25, -0.2) is 0 Å². The third-order valence-electron chi connectivity index (χ3n) is 5.31. The average Bonchev–Trinajstić information content (AvgIpc) is 3.48. The Balaban J connectivity index is 0.00000169. The van der Waals surface area contributed by atoms with E-state index >= 15 is 0 Å². The summed E-state index contributed by atoms with van der Waals surface area (Å²) in [5.41, 5.74) is 1.84. The SMILES string of the molecule is CN=C(NCCc1ccc2c(c1)OCO2)NCC1(C2CC2)CC1.I. The van der Waals surface area contributed by atoms with Crippen LogP contribution in [0.1, 0.15) is 31.2 Å². The second-order valence-electron chi connectivity index (χ2n) is 6.93. The standard InChI is InChI=1S/C18H25N3O2.HI/c1-19-17(21-11-18(7-8-18)14-3-4-14)20-9-6-13-2-5-15-16(10-13)23-12-22-15;/h2,5,10,14H,3-4,6-9,11-12H2,1H3,(H2,19,20,21);1H. The maximum Gasteiger partial charge on any atom is 0.231 e. The van der Waals surface area contributed by atoms with Gasteiger partial charge in [0.2, 0.25) is 6.79 Å². The molecule has 1 aromatic rings. The Bertz CT molecular complexity index is 612. The van der Waals surface area contributed by atoms with E-state index in [2.05, 4.69) is 27.8 Å². The van der Waals surface area contributed by atoms with Crippen LogP contribution in [0.4, 0.5) is 0 Å². The predicted molar refractivity (Wildman–Crippen MR) is 105 cm³/mol. The highest BCUT2D eigenvalue weighted by atomic mass is 127. The second kappa shape index (κ2) is 7.37. The van der Waals surface area contributed by atoms with Crippen molar-refractivity contribution >= 4 is 29.9 Å². The summed E-state index contributed by atoms with van der Waals surface area (Å²) in [5, 5.41) is 6.93. The lowest BCUT2D eigenvalue weighted by Gasteiger charge is -2.18. The molecule has 1 aliphatic heterocycles. The van der Waals surface area contributed by atoms with Gasteiger partial charge in [-0.15, -0.1) is 24.0 Å². The maximum absolute atomic E-state index is 5.42. The van der Waals surface area contributed by atoms with Crippen LogP contribution in [0.25, 0.3) is 0 Å². The summed E-state index contributed by atoms with van der Waals surface area (Å²) < 4.78 is 10.8. The minimum atomic E-state index is 0. The molecule has 0 saturated heterocycles. The first-order valence-electron chi connectivity index (χ1n) is 8.62. The van der Waals surface area contributed by atoms with Gasteiger partial charge < -0.3 is 20.1 Å². The van der Waals surface area contributed by atoms with Crippen molar-refractivity contribution in [1.29, 1.82) is 0 Å². The van der Waals surface area contributed by atoms with Crippen molar-refractivity contribution in [3.63, 3.8) is 0 Å². The molecule has 132 valence electrons. The number of benzene rings is 1. The molecule has 24 heavy (non-hydrogen) atoms. The molecule has 0 spiro atoms. The Hall–Kier alpha value is -1.18. The molecular weight excluding hydrogens is 417 g/mol. The van der Waals surface area contributed by atoms with Crippen molar-refractivity contribution < 1.29 is 9.47 Å². The second-order valence-corrected chi connectivity index (χ2v) is 6.93. The Morgan fingerprint density at radius 1 is 1.21 bits per heavy atom. The van der Waals surface area contributed by atoms with E-state index in [1.54, 1.807) is 0 Å². The van der Waals surface area contributed by atoms with Gasteiger partial charge in [0, 0.05) is 20.1 Å². The highest BCUT2D eigenvalue weighted by molar-refractivity contribution is 14.0. The lowest BCUT2D eigenvalue weighted by molar-refractivity contribution is 0.174. The van der Waals surface area contributed by atoms with E-state index in [4.69, 9.17) is 9.47 Å². The van der Waals surface area contributed by atoms with Gasteiger partial charge in [-0.3, -0.25) is 4.99 Å². The van der Waals surface area contributed by atoms with Gasteiger partial charge in [0.1, 0.15) is 0 Å². The first kappa shape index (κ1) is 17.6. The quantitative estimate of drug-likeness (QED) is 0.404. The summed E-state index contributed by atoms with van der Waals surface area (Å²) in [6, 6.07) is 6.14. The number of nitrogens with zero attached hydrogens (tertiary/aromatic N) is 1. The van der Waals surface area contributed by atoms with Crippen LogP contribution in [0, 0.1) is 11.3 Å². The number of aliphatic imine (C=N–C) groups is 1. The third kappa shape index (κ3) is 3.90. The van der Waals surface area contributed by atoms with Crippen LogP contribution in [0.2, 0.25) is 0 Å². The minimum absolute atomic E-state index is 0. The predicted octanol–water partition coefficient (Wildman–Crippen LogP) is 2.93. The first-order valence-corrected chi connectivity index (χ1v) is 8.62. The number of nitrogens with one attached hydrogen (secondary N) is 2. The molecule has 5 nitrogen and oxygen atoms in total. The van der Waals surface area contributed by atoms with Crippen molar-refractivity contribution in [3.05, 3.63) is 23.8 Å². The van der Waals surface area contributed by atoms with E-state index in [0.717, 1.165) is 42.9 Å². The van der Waals surface area contributed by atoms with Crippen LogP contribution < -0.4 is 20.1 Å². The highest BCUT2D eigenvalue weighted by Crippen LogP contribution is 2.60. The number of guanidine groups is 1. The smallest absolute Gasteiger partial charge is 0.231 e. The van der Waals surface area contributed by atoms with Crippen molar-refractivity contribution in [2.24, 2.45) is 16.3 Å². The number of hydrogen-bond donors (Lipinski definition) is 2. The van der Waals surface area contributed by atoms with E-state index in [9.17, 15) is 0 Å². The molecule has 0 bridgehead atoms. The summed E-state index contributed by atoms with van der Waals surface area (Å²) in [5.74, 6) is 3.58. The summed E-state index contributed by atoms with van der Waals surface area (Å²) in [6.45, 7) is 2.26. The van der Waals surface area contributed by atoms with E-state index in [1.165, 1.54) is 31.2 Å². The fourth-order valence-corrected chi connectivity index (χ4v) is 3.49. The molecule has 2 aliphatic carbocycles. The number of hydrogen-bond acceptors (Lipinski definition) is 3. The average molecular weight is 443 g/mol. The number of fused-ring (bicyclic) bond motifs is 1. The van der Waals surface area contributed by atoms with Gasteiger partial charge in [0.25, 0.3) is 0 Å². The lowest BCUT2D eigenvalue weighted by atomic mass is 10.0. The summed E-state index contributed by atoms with van der Waals surface area (Å²) >= 11 is 0. The molecule has 0 amide bonds. The zero-order valence-corrected chi connectivity index (χ0v) is 16.5. The van der Waals surface area contributed by atoms with Crippen LogP contribution in [0.15, 0.2) is 23.2 Å². The van der Waals surface area contributed by atoms with Crippen LogP contribution in [0.5, 0.6) is 11.5 Å². The molecule has 4 rings (SSSR count). The van der Waals surface area contributed by atoms with E-state index < -0.39 is 0 Å². The number of ether oxygens (including phenoxy) is 2. The van der Waals surface area contributed by atoms with Gasteiger partial charge in [0.15, 0.2) is 17.5 Å². The molecule has 6 heteroatoms. The van der Waals surface area contributed by atoms with Crippen molar-refractivity contribution in [2.75, 3.05) is 26.9 Å². The Morgan fingerprint density at radius 2 is 2.00 bits per heavy atom. The number of halogens is 1. The topological polar surface area (TPSA) is 54.9 Å². The van der Waals surface area contributed by atoms with Gasteiger partial charge in [-0.2, -0.15) is 0 Å². The molecule has 0 radical (unpaired) electrons. The third-order valence-corrected chi connectivity index (χ3v) is 5.31. The Labute approximate surface area is 160 Å². The zero-order valence-electron chi connectivity index (χ0n) is 14.1. The summed E-state index contributed by atoms with van der Waals surface area (Å²) in [6.07, 6.45) is 6.57. The van der Waals surface area contributed by atoms with Crippen molar-refractivity contribution in [3.8, 4) is 11.5 Å². The monoisotopic (exact) mass is 443 g/mol. The lowest BCUT2D eigenvalue weighted by Crippen LogP contribution is -2.41. The Morgan fingerprint density at radius 3 is 2.71 bits per heavy atom. The van der Waals surface area contributed by atoms with Gasteiger partial charge in [-0.1, -0.05) is 6.07 Å². The zero-order chi connectivity index (χ0) is 15.7. The van der Waals surface area contributed by atoms with Crippen molar-refractivity contribution in [1.82, 2.24) is 10.6 Å². The number of rotatable bonds is 6. The minimum Gasteiger partial charge on any atom is -0.454 e. The Kier molecular flexibility index (Phi) is 5.42. The molecule has 0 atom stereocenters. The molecule has 1 heterocycles. The van der Waals surface area contributed by atoms with Gasteiger partial charge in [-0.05, 0) is 61.1 Å². The fourth-order valence-electron chi connectivity index (χ4n) is 3.49. The molecule has 0 unspecified atom stereocenters. The molecule has 0 aromatic heterocycles. The largest absolute Gasteiger partial charge is 0.454 e.